The molecule has 3 aliphatic carbocycles. The van der Waals surface area contributed by atoms with Gasteiger partial charge in [0.2, 0.25) is 5.91 Å². The highest BCUT2D eigenvalue weighted by atomic mass is 32.1. The maximum Gasteiger partial charge on any atom is 0.341 e. The van der Waals surface area contributed by atoms with Crippen LogP contribution in [0.15, 0.2) is 24.3 Å². The van der Waals surface area contributed by atoms with E-state index in [2.05, 4.69) is 5.32 Å². The number of hydrogen-bond acceptors (Lipinski definition) is 5. The Morgan fingerprint density at radius 3 is 2.13 bits per heavy atom. The average Bonchev–Trinajstić information content (AvgIpc) is 3.09. The summed E-state index contributed by atoms with van der Waals surface area (Å²) in [6, 6.07) is 7.84. The van der Waals surface area contributed by atoms with Gasteiger partial charge in [0.1, 0.15) is 10.6 Å². The van der Waals surface area contributed by atoms with Crippen molar-refractivity contribution in [2.24, 2.45) is 23.7 Å². The molecule has 2 bridgehead atoms. The van der Waals surface area contributed by atoms with Crippen LogP contribution in [0, 0.1) is 37.5 Å². The SMILES string of the molecule is COC(=O)c1c(NC(=O)[C@@H]2C3CCC(CC3)[C@@H]2C(=O)O)sc(C)c1-c1ccc(C)cc1. The zero-order valence-electron chi connectivity index (χ0n) is 17.9. The van der Waals surface area contributed by atoms with Crippen LogP contribution in [0.3, 0.4) is 0 Å². The second-order valence-electron chi connectivity index (χ2n) is 8.65. The minimum atomic E-state index is -0.898. The highest BCUT2D eigenvalue weighted by Crippen LogP contribution is 2.50. The number of aliphatic carboxylic acids is 1. The van der Waals surface area contributed by atoms with E-state index < -0.39 is 23.8 Å². The summed E-state index contributed by atoms with van der Waals surface area (Å²) in [5.41, 5.74) is 3.05. The third kappa shape index (κ3) is 3.87. The number of anilines is 1. The molecule has 0 unspecified atom stereocenters. The van der Waals surface area contributed by atoms with Gasteiger partial charge in [0, 0.05) is 10.4 Å². The molecule has 31 heavy (non-hydrogen) atoms. The van der Waals surface area contributed by atoms with E-state index in [-0.39, 0.29) is 17.7 Å². The lowest BCUT2D eigenvalue weighted by molar-refractivity contribution is -0.156. The van der Waals surface area contributed by atoms with Crippen LogP contribution < -0.4 is 5.32 Å². The van der Waals surface area contributed by atoms with E-state index in [1.807, 2.05) is 38.1 Å². The number of carbonyl (C=O) groups excluding carboxylic acids is 2. The van der Waals surface area contributed by atoms with Crippen LogP contribution in [0.2, 0.25) is 0 Å². The van der Waals surface area contributed by atoms with Crippen LogP contribution in [0.4, 0.5) is 5.00 Å². The number of methoxy groups -OCH3 is 1. The number of carbonyl (C=O) groups is 3. The Labute approximate surface area is 185 Å². The normalized spacial score (nSPS) is 24.6. The fraction of sp³-hybridized carbons (Fsp3) is 0.458. The number of amides is 1. The van der Waals surface area contributed by atoms with Crippen LogP contribution >= 0.6 is 11.3 Å². The van der Waals surface area contributed by atoms with Gasteiger partial charge in [0.25, 0.3) is 0 Å². The molecule has 1 amide bonds. The van der Waals surface area contributed by atoms with Crippen molar-refractivity contribution >= 4 is 34.2 Å². The first-order valence-corrected chi connectivity index (χ1v) is 11.5. The van der Waals surface area contributed by atoms with Gasteiger partial charge in [-0.25, -0.2) is 4.79 Å². The maximum absolute atomic E-state index is 13.3. The minimum Gasteiger partial charge on any atom is -0.481 e. The van der Waals surface area contributed by atoms with E-state index >= 15 is 0 Å². The highest BCUT2D eigenvalue weighted by molar-refractivity contribution is 7.17. The van der Waals surface area contributed by atoms with Gasteiger partial charge in [-0.2, -0.15) is 0 Å². The number of thiophene rings is 1. The summed E-state index contributed by atoms with van der Waals surface area (Å²) in [6.07, 6.45) is 3.51. The van der Waals surface area contributed by atoms with Gasteiger partial charge in [-0.3, -0.25) is 9.59 Å². The van der Waals surface area contributed by atoms with Crippen molar-refractivity contribution in [2.45, 2.75) is 39.5 Å². The Kier molecular flexibility index (Phi) is 5.88. The molecule has 0 saturated heterocycles. The zero-order chi connectivity index (χ0) is 22.3. The van der Waals surface area contributed by atoms with Gasteiger partial charge in [-0.15, -0.1) is 11.3 Å². The van der Waals surface area contributed by atoms with E-state index in [4.69, 9.17) is 4.74 Å². The maximum atomic E-state index is 13.3. The van der Waals surface area contributed by atoms with Gasteiger partial charge >= 0.3 is 11.9 Å². The number of carboxylic acid groups (broad SMARTS) is 1. The molecule has 0 aliphatic heterocycles. The molecule has 2 aromatic rings. The third-order valence-electron chi connectivity index (χ3n) is 6.86. The number of ether oxygens (including phenoxy) is 1. The summed E-state index contributed by atoms with van der Waals surface area (Å²) < 4.78 is 5.03. The molecule has 1 heterocycles. The van der Waals surface area contributed by atoms with Crippen LogP contribution in [-0.4, -0.2) is 30.1 Å². The lowest BCUT2D eigenvalue weighted by Gasteiger charge is -2.45. The predicted octanol–water partition coefficient (Wildman–Crippen LogP) is 4.89. The van der Waals surface area contributed by atoms with E-state index in [1.54, 1.807) is 0 Å². The molecular formula is C24H27NO5S. The van der Waals surface area contributed by atoms with Crippen molar-refractivity contribution < 1.29 is 24.2 Å². The number of hydrogen-bond donors (Lipinski definition) is 2. The number of fused-ring (bicyclic) bond motifs is 3. The monoisotopic (exact) mass is 441 g/mol. The summed E-state index contributed by atoms with van der Waals surface area (Å²) >= 11 is 1.33. The fourth-order valence-electron chi connectivity index (χ4n) is 5.37. The Balaban J connectivity index is 1.70. The standard InChI is InChI=1S/C24H27NO5S/c1-12-4-6-14(7-5-12)17-13(2)31-22(20(17)24(29)30-3)25-21(26)18-15-8-10-16(11-9-15)19(18)23(27)28/h4-7,15-16,18-19H,8-11H2,1-3H3,(H,25,26)(H,27,28)/t15?,16?,18-,19+/m1/s1. The lowest BCUT2D eigenvalue weighted by atomic mass is 9.58. The molecule has 1 aromatic carbocycles. The minimum absolute atomic E-state index is 0.0477. The van der Waals surface area contributed by atoms with Crippen molar-refractivity contribution in [1.82, 2.24) is 0 Å². The first-order valence-electron chi connectivity index (χ1n) is 10.6. The topological polar surface area (TPSA) is 92.7 Å². The van der Waals surface area contributed by atoms with Crippen LogP contribution in [0.25, 0.3) is 11.1 Å². The predicted molar refractivity (Wildman–Crippen MR) is 119 cm³/mol. The molecule has 3 saturated carbocycles. The molecule has 2 atom stereocenters. The largest absolute Gasteiger partial charge is 0.481 e. The Morgan fingerprint density at radius 2 is 1.58 bits per heavy atom. The van der Waals surface area contributed by atoms with E-state index in [0.29, 0.717) is 10.6 Å². The average molecular weight is 442 g/mol. The van der Waals surface area contributed by atoms with Crippen molar-refractivity contribution in [2.75, 3.05) is 12.4 Å². The number of carboxylic acids is 1. The fourth-order valence-corrected chi connectivity index (χ4v) is 6.44. The third-order valence-corrected chi connectivity index (χ3v) is 7.88. The van der Waals surface area contributed by atoms with Gasteiger partial charge in [-0.05, 0) is 56.9 Å². The van der Waals surface area contributed by atoms with E-state index in [9.17, 15) is 19.5 Å². The van der Waals surface area contributed by atoms with Crippen molar-refractivity contribution in [3.63, 3.8) is 0 Å². The Morgan fingerprint density at radius 1 is 1.00 bits per heavy atom. The van der Waals surface area contributed by atoms with Crippen molar-refractivity contribution in [3.05, 3.63) is 40.3 Å². The smallest absolute Gasteiger partial charge is 0.341 e. The van der Waals surface area contributed by atoms with E-state index in [1.165, 1.54) is 18.4 Å². The quantitative estimate of drug-likeness (QED) is 0.644. The molecule has 5 rings (SSSR count). The summed E-state index contributed by atoms with van der Waals surface area (Å²) in [4.78, 5) is 38.9. The molecule has 7 heteroatoms. The molecule has 3 aliphatic rings. The van der Waals surface area contributed by atoms with Crippen molar-refractivity contribution in [3.8, 4) is 11.1 Å². The van der Waals surface area contributed by atoms with Crippen LogP contribution in [0.1, 0.15) is 46.5 Å². The molecule has 2 N–H and O–H groups in total. The molecule has 6 nitrogen and oxygen atoms in total. The molecular weight excluding hydrogens is 414 g/mol. The number of aryl methyl sites for hydroxylation is 2. The molecule has 1 aromatic heterocycles. The van der Waals surface area contributed by atoms with Gasteiger partial charge in [-0.1, -0.05) is 29.8 Å². The first-order chi connectivity index (χ1) is 14.8. The van der Waals surface area contributed by atoms with Crippen LogP contribution in [-0.2, 0) is 14.3 Å². The molecule has 0 spiro atoms. The number of rotatable bonds is 5. The Hall–Kier alpha value is -2.67. The number of nitrogens with one attached hydrogen (secondary N) is 1. The Bertz CT molecular complexity index is 1020. The first kappa shape index (κ1) is 21.6. The molecule has 3 fully saturated rings. The van der Waals surface area contributed by atoms with Crippen LogP contribution in [0.5, 0.6) is 0 Å². The summed E-state index contributed by atoms with van der Waals surface area (Å²) in [5, 5.41) is 13.1. The number of benzene rings is 1. The summed E-state index contributed by atoms with van der Waals surface area (Å²) in [7, 11) is 1.32. The second kappa shape index (κ2) is 8.46. The van der Waals surface area contributed by atoms with Gasteiger partial charge in [0.05, 0.1) is 18.9 Å². The van der Waals surface area contributed by atoms with Gasteiger partial charge in [0.15, 0.2) is 0 Å². The molecule has 164 valence electrons. The number of esters is 1. The molecule has 0 radical (unpaired) electrons. The second-order valence-corrected chi connectivity index (χ2v) is 9.87. The highest BCUT2D eigenvalue weighted by Gasteiger charge is 2.50. The van der Waals surface area contributed by atoms with Crippen molar-refractivity contribution in [1.29, 1.82) is 0 Å². The lowest BCUT2D eigenvalue weighted by Crippen LogP contribution is -2.49. The summed E-state index contributed by atoms with van der Waals surface area (Å²) in [6.45, 7) is 3.90. The summed E-state index contributed by atoms with van der Waals surface area (Å²) in [5.74, 6) is -2.83. The van der Waals surface area contributed by atoms with Gasteiger partial charge < -0.3 is 15.2 Å². The van der Waals surface area contributed by atoms with E-state index in [0.717, 1.165) is 47.3 Å². The zero-order valence-corrected chi connectivity index (χ0v) is 18.8.